The molecular weight excluding hydrogens is 336 g/mol. The number of halogens is 1. The molecule has 0 fully saturated rings. The van der Waals surface area contributed by atoms with Crippen molar-refractivity contribution in [1.29, 1.82) is 0 Å². The summed E-state index contributed by atoms with van der Waals surface area (Å²) in [4.78, 5) is 27.0. The summed E-state index contributed by atoms with van der Waals surface area (Å²) >= 11 is 3.35. The molecule has 0 aliphatic heterocycles. The third-order valence-corrected chi connectivity index (χ3v) is 3.63. The largest absolute Gasteiger partial charge is 0.465 e. The van der Waals surface area contributed by atoms with Crippen molar-refractivity contribution >= 4 is 33.5 Å². The number of rotatable bonds is 3. The highest BCUT2D eigenvalue weighted by Crippen LogP contribution is 2.21. The van der Waals surface area contributed by atoms with E-state index in [1.54, 1.807) is 26.0 Å². The number of carbonyl (C=O) groups excluding carboxylic acids is 2. The van der Waals surface area contributed by atoms with E-state index < -0.39 is 5.97 Å². The number of aromatic amines is 1. The molecule has 0 spiro atoms. The number of carbonyl (C=O) groups is 2. The quantitative estimate of drug-likeness (QED) is 0.833. The fourth-order valence-corrected chi connectivity index (χ4v) is 2.54. The summed E-state index contributed by atoms with van der Waals surface area (Å²) in [6.07, 6.45) is 0. The van der Waals surface area contributed by atoms with E-state index in [9.17, 15) is 9.59 Å². The second-order valence-electron chi connectivity index (χ2n) is 4.58. The lowest BCUT2D eigenvalue weighted by Gasteiger charge is -2.05. The van der Waals surface area contributed by atoms with E-state index in [0.29, 0.717) is 28.2 Å². The van der Waals surface area contributed by atoms with Gasteiger partial charge in [0.05, 0.1) is 12.7 Å². The number of hydrogen-bond donors (Lipinski definition) is 2. The first kappa shape index (κ1) is 15.3. The van der Waals surface area contributed by atoms with Gasteiger partial charge in [0.1, 0.15) is 5.69 Å². The monoisotopic (exact) mass is 350 g/mol. The second-order valence-corrected chi connectivity index (χ2v) is 5.50. The number of anilines is 1. The van der Waals surface area contributed by atoms with E-state index in [-0.39, 0.29) is 5.91 Å². The van der Waals surface area contributed by atoms with Gasteiger partial charge in [-0.05, 0) is 37.6 Å². The van der Waals surface area contributed by atoms with Crippen LogP contribution in [0.5, 0.6) is 0 Å². The number of ether oxygens (including phenoxy) is 1. The minimum absolute atomic E-state index is 0.302. The van der Waals surface area contributed by atoms with Crippen molar-refractivity contribution in [3.63, 3.8) is 0 Å². The van der Waals surface area contributed by atoms with Gasteiger partial charge in [0.25, 0.3) is 5.91 Å². The average molecular weight is 351 g/mol. The minimum Gasteiger partial charge on any atom is -0.465 e. The van der Waals surface area contributed by atoms with Crippen LogP contribution in [0.2, 0.25) is 0 Å². The molecule has 21 heavy (non-hydrogen) atoms. The third kappa shape index (κ3) is 3.16. The standard InChI is InChI=1S/C15H15BrN2O3/c1-8-12(15(20)21-3)9(2)17-13(8)14(19)18-11-6-4-5-10(16)7-11/h4-7,17H,1-3H3,(H,18,19). The van der Waals surface area contributed by atoms with E-state index in [4.69, 9.17) is 4.74 Å². The van der Waals surface area contributed by atoms with Crippen LogP contribution in [0.3, 0.4) is 0 Å². The van der Waals surface area contributed by atoms with E-state index in [0.717, 1.165) is 4.47 Å². The molecule has 0 atom stereocenters. The van der Waals surface area contributed by atoms with Crippen molar-refractivity contribution in [2.45, 2.75) is 13.8 Å². The molecule has 110 valence electrons. The van der Waals surface area contributed by atoms with Gasteiger partial charge in [0, 0.05) is 15.9 Å². The van der Waals surface area contributed by atoms with Crippen LogP contribution in [0.15, 0.2) is 28.7 Å². The number of nitrogens with one attached hydrogen (secondary N) is 2. The Morgan fingerprint density at radius 3 is 2.62 bits per heavy atom. The number of benzene rings is 1. The van der Waals surface area contributed by atoms with E-state index in [1.165, 1.54) is 7.11 Å². The lowest BCUT2D eigenvalue weighted by molar-refractivity contribution is 0.0599. The van der Waals surface area contributed by atoms with Crippen LogP contribution in [0.25, 0.3) is 0 Å². The molecule has 1 aromatic heterocycles. The maximum Gasteiger partial charge on any atom is 0.339 e. The van der Waals surface area contributed by atoms with Gasteiger partial charge < -0.3 is 15.0 Å². The summed E-state index contributed by atoms with van der Waals surface area (Å²) in [5, 5.41) is 2.79. The average Bonchev–Trinajstić information content (AvgIpc) is 2.73. The summed E-state index contributed by atoms with van der Waals surface area (Å²) < 4.78 is 5.60. The van der Waals surface area contributed by atoms with Gasteiger partial charge in [-0.1, -0.05) is 22.0 Å². The number of amides is 1. The van der Waals surface area contributed by atoms with Crippen LogP contribution in [0, 0.1) is 13.8 Å². The molecule has 0 bridgehead atoms. The van der Waals surface area contributed by atoms with E-state index >= 15 is 0 Å². The Hall–Kier alpha value is -2.08. The molecule has 6 heteroatoms. The molecule has 0 saturated heterocycles. The number of esters is 1. The Labute approximate surface area is 130 Å². The van der Waals surface area contributed by atoms with Crippen LogP contribution in [-0.4, -0.2) is 24.0 Å². The predicted molar refractivity (Wildman–Crippen MR) is 83.7 cm³/mol. The number of H-pyrrole nitrogens is 1. The van der Waals surface area contributed by atoms with E-state index in [2.05, 4.69) is 26.2 Å². The van der Waals surface area contributed by atoms with Gasteiger partial charge in [0.15, 0.2) is 0 Å². The van der Waals surface area contributed by atoms with Gasteiger partial charge in [-0.3, -0.25) is 4.79 Å². The first-order chi connectivity index (χ1) is 9.93. The summed E-state index contributed by atoms with van der Waals surface area (Å²) in [5.74, 6) is -0.758. The number of aromatic nitrogens is 1. The highest BCUT2D eigenvalue weighted by molar-refractivity contribution is 9.10. The van der Waals surface area contributed by atoms with Crippen LogP contribution in [0.4, 0.5) is 5.69 Å². The topological polar surface area (TPSA) is 71.2 Å². The SMILES string of the molecule is COC(=O)c1c(C)[nH]c(C(=O)Nc2cccc(Br)c2)c1C. The van der Waals surface area contributed by atoms with Crippen molar-refractivity contribution < 1.29 is 14.3 Å². The maximum absolute atomic E-state index is 12.3. The van der Waals surface area contributed by atoms with Crippen molar-refractivity contribution in [3.8, 4) is 0 Å². The zero-order chi connectivity index (χ0) is 15.6. The molecule has 5 nitrogen and oxygen atoms in total. The highest BCUT2D eigenvalue weighted by atomic mass is 79.9. The summed E-state index contributed by atoms with van der Waals surface area (Å²) in [6.45, 7) is 3.45. The molecule has 0 saturated carbocycles. The maximum atomic E-state index is 12.3. The fourth-order valence-electron chi connectivity index (χ4n) is 2.15. The molecule has 1 aromatic carbocycles. The zero-order valence-electron chi connectivity index (χ0n) is 11.9. The lowest BCUT2D eigenvalue weighted by atomic mass is 10.1. The molecule has 0 aliphatic carbocycles. The molecule has 0 unspecified atom stereocenters. The van der Waals surface area contributed by atoms with Crippen LogP contribution in [-0.2, 0) is 4.74 Å². The van der Waals surface area contributed by atoms with Crippen LogP contribution < -0.4 is 5.32 Å². The Morgan fingerprint density at radius 1 is 1.29 bits per heavy atom. The Bertz CT molecular complexity index is 707. The zero-order valence-corrected chi connectivity index (χ0v) is 13.5. The minimum atomic E-state index is -0.456. The Morgan fingerprint density at radius 2 is 2.00 bits per heavy atom. The Balaban J connectivity index is 2.30. The van der Waals surface area contributed by atoms with Gasteiger partial charge in [-0.15, -0.1) is 0 Å². The molecule has 2 N–H and O–H groups in total. The van der Waals surface area contributed by atoms with Gasteiger partial charge in [-0.25, -0.2) is 4.79 Å². The fraction of sp³-hybridized carbons (Fsp3) is 0.200. The van der Waals surface area contributed by atoms with Gasteiger partial charge >= 0.3 is 5.97 Å². The third-order valence-electron chi connectivity index (χ3n) is 3.14. The number of hydrogen-bond acceptors (Lipinski definition) is 3. The van der Waals surface area contributed by atoms with Gasteiger partial charge in [0.2, 0.25) is 0 Å². The summed E-state index contributed by atoms with van der Waals surface area (Å²) in [5.41, 5.74) is 2.61. The van der Waals surface area contributed by atoms with Crippen LogP contribution >= 0.6 is 15.9 Å². The van der Waals surface area contributed by atoms with Crippen molar-refractivity contribution in [3.05, 3.63) is 51.3 Å². The Kier molecular flexibility index (Phi) is 4.47. The van der Waals surface area contributed by atoms with Crippen molar-refractivity contribution in [1.82, 2.24) is 4.98 Å². The lowest BCUT2D eigenvalue weighted by Crippen LogP contribution is -2.14. The molecule has 2 rings (SSSR count). The highest BCUT2D eigenvalue weighted by Gasteiger charge is 2.22. The van der Waals surface area contributed by atoms with Crippen molar-refractivity contribution in [2.24, 2.45) is 0 Å². The molecule has 1 heterocycles. The second kappa shape index (κ2) is 6.13. The smallest absolute Gasteiger partial charge is 0.339 e. The van der Waals surface area contributed by atoms with Gasteiger partial charge in [-0.2, -0.15) is 0 Å². The van der Waals surface area contributed by atoms with Crippen molar-refractivity contribution in [2.75, 3.05) is 12.4 Å². The molecule has 0 radical (unpaired) electrons. The number of aryl methyl sites for hydroxylation is 1. The summed E-state index contributed by atoms with van der Waals surface area (Å²) in [7, 11) is 1.31. The molecular formula is C15H15BrN2O3. The first-order valence-corrected chi connectivity index (χ1v) is 7.07. The first-order valence-electron chi connectivity index (χ1n) is 6.28. The molecule has 0 aliphatic rings. The van der Waals surface area contributed by atoms with Crippen LogP contribution in [0.1, 0.15) is 32.1 Å². The summed E-state index contributed by atoms with van der Waals surface area (Å²) in [6, 6.07) is 7.28. The predicted octanol–water partition coefficient (Wildman–Crippen LogP) is 3.43. The normalized spacial score (nSPS) is 10.3. The molecule has 2 aromatic rings. The van der Waals surface area contributed by atoms with E-state index in [1.807, 2.05) is 12.1 Å². The number of methoxy groups -OCH3 is 1. The molecule has 1 amide bonds.